The fourth-order valence-corrected chi connectivity index (χ4v) is 3.39. The molecule has 2 aliphatic carbocycles. The first-order chi connectivity index (χ1) is 6.50. The second-order valence-corrected chi connectivity index (χ2v) is 5.87. The topological polar surface area (TPSA) is 0 Å². The lowest BCUT2D eigenvalue weighted by Crippen LogP contribution is -2.34. The highest BCUT2D eigenvalue weighted by molar-refractivity contribution is 6.40. The van der Waals surface area contributed by atoms with E-state index in [0.29, 0.717) is 11.8 Å². The van der Waals surface area contributed by atoms with E-state index in [2.05, 4.69) is 13.8 Å². The van der Waals surface area contributed by atoms with Crippen molar-refractivity contribution in [1.82, 2.24) is 0 Å². The van der Waals surface area contributed by atoms with Gasteiger partial charge in [0.15, 0.2) is 0 Å². The standard InChI is InChI=1S/C12H20B2/c1-8(2)12(13,14)11-6-9-3-4-10(5-9)7-11/h8-11H,3-7H2,1-2H3. The molecule has 0 heterocycles. The molecular formula is C12H20B2. The quantitative estimate of drug-likeness (QED) is 0.581. The van der Waals surface area contributed by atoms with Crippen LogP contribution in [0, 0.1) is 23.7 Å². The molecule has 14 heavy (non-hydrogen) atoms. The second-order valence-electron chi connectivity index (χ2n) is 5.87. The van der Waals surface area contributed by atoms with Crippen molar-refractivity contribution in [1.29, 1.82) is 0 Å². The molecule has 2 fully saturated rings. The zero-order chi connectivity index (χ0) is 10.3. The lowest BCUT2D eigenvalue weighted by atomic mass is 9.41. The van der Waals surface area contributed by atoms with Crippen LogP contribution in [0.25, 0.3) is 0 Å². The fraction of sp³-hybridized carbons (Fsp3) is 1.00. The number of hydrogen-bond donors (Lipinski definition) is 0. The van der Waals surface area contributed by atoms with Gasteiger partial charge in [0.25, 0.3) is 0 Å². The van der Waals surface area contributed by atoms with Gasteiger partial charge in [-0.05, 0) is 31.1 Å². The van der Waals surface area contributed by atoms with Crippen LogP contribution in [0.4, 0.5) is 0 Å². The highest BCUT2D eigenvalue weighted by atomic mass is 14.4. The Hall–Kier alpha value is 0.130. The van der Waals surface area contributed by atoms with Gasteiger partial charge in [-0.15, -0.1) is 0 Å². The van der Waals surface area contributed by atoms with Crippen molar-refractivity contribution in [2.75, 3.05) is 0 Å². The van der Waals surface area contributed by atoms with Gasteiger partial charge in [0, 0.05) is 0 Å². The molecule has 0 amide bonds. The highest BCUT2D eigenvalue weighted by Gasteiger charge is 2.40. The largest absolute Gasteiger partial charge is 0.0940 e. The summed E-state index contributed by atoms with van der Waals surface area (Å²) in [6, 6.07) is 0. The van der Waals surface area contributed by atoms with E-state index < -0.39 is 5.21 Å². The molecule has 0 aromatic carbocycles. The summed E-state index contributed by atoms with van der Waals surface area (Å²) >= 11 is 0. The first-order valence-electron chi connectivity index (χ1n) is 6.08. The Morgan fingerprint density at radius 3 is 1.93 bits per heavy atom. The lowest BCUT2D eigenvalue weighted by molar-refractivity contribution is 0.212. The average molecular weight is 186 g/mol. The van der Waals surface area contributed by atoms with Gasteiger partial charge in [0.2, 0.25) is 0 Å². The Labute approximate surface area is 91.0 Å². The molecule has 4 radical (unpaired) electrons. The molecule has 0 nitrogen and oxygen atoms in total. The molecule has 2 heteroatoms. The van der Waals surface area contributed by atoms with E-state index in [0.717, 1.165) is 11.8 Å². The van der Waals surface area contributed by atoms with Crippen molar-refractivity contribution >= 4 is 15.7 Å². The van der Waals surface area contributed by atoms with Gasteiger partial charge in [-0.3, -0.25) is 0 Å². The highest BCUT2D eigenvalue weighted by Crippen LogP contribution is 2.52. The molecule has 2 bridgehead atoms. The first kappa shape index (κ1) is 10.6. The van der Waals surface area contributed by atoms with Crippen molar-refractivity contribution in [2.45, 2.75) is 51.2 Å². The summed E-state index contributed by atoms with van der Waals surface area (Å²) in [5.41, 5.74) is 0. The van der Waals surface area contributed by atoms with Crippen LogP contribution < -0.4 is 0 Å². The van der Waals surface area contributed by atoms with E-state index >= 15 is 0 Å². The van der Waals surface area contributed by atoms with Gasteiger partial charge in [-0.2, -0.15) is 0 Å². The molecule has 2 aliphatic rings. The molecule has 74 valence electrons. The van der Waals surface area contributed by atoms with Crippen LogP contribution in [0.2, 0.25) is 5.21 Å². The van der Waals surface area contributed by atoms with E-state index in [4.69, 9.17) is 15.7 Å². The molecule has 2 rings (SSSR count). The van der Waals surface area contributed by atoms with Crippen LogP contribution in [0.5, 0.6) is 0 Å². The van der Waals surface area contributed by atoms with Crippen LogP contribution in [0.1, 0.15) is 46.0 Å². The van der Waals surface area contributed by atoms with Crippen LogP contribution in [0.3, 0.4) is 0 Å². The maximum absolute atomic E-state index is 6.26. The molecule has 0 aliphatic heterocycles. The third kappa shape index (κ3) is 1.77. The summed E-state index contributed by atoms with van der Waals surface area (Å²) < 4.78 is 0. The van der Waals surface area contributed by atoms with Gasteiger partial charge >= 0.3 is 0 Å². The maximum atomic E-state index is 6.26. The lowest BCUT2D eigenvalue weighted by Gasteiger charge is -2.43. The minimum Gasteiger partial charge on any atom is -0.0940 e. The summed E-state index contributed by atoms with van der Waals surface area (Å²) in [6.07, 6.45) is 6.86. The normalized spacial score (nSPS) is 37.8. The monoisotopic (exact) mass is 186 g/mol. The minimum absolute atomic E-state index is 0.394. The summed E-state index contributed by atoms with van der Waals surface area (Å²) in [6.45, 7) is 4.30. The number of rotatable bonds is 2. The average Bonchev–Trinajstić information content (AvgIpc) is 2.45. The third-order valence-electron chi connectivity index (χ3n) is 4.59. The maximum Gasteiger partial charge on any atom is 0.0627 e. The zero-order valence-corrected chi connectivity index (χ0v) is 9.50. The van der Waals surface area contributed by atoms with Crippen molar-refractivity contribution in [3.63, 3.8) is 0 Å². The van der Waals surface area contributed by atoms with E-state index in [1.165, 1.54) is 32.1 Å². The summed E-state index contributed by atoms with van der Waals surface area (Å²) in [4.78, 5) is 0. The van der Waals surface area contributed by atoms with Crippen LogP contribution in [-0.2, 0) is 0 Å². The molecule has 0 N–H and O–H groups in total. The Morgan fingerprint density at radius 1 is 1.00 bits per heavy atom. The van der Waals surface area contributed by atoms with Crippen molar-refractivity contribution in [3.05, 3.63) is 0 Å². The van der Waals surface area contributed by atoms with Crippen LogP contribution >= 0.6 is 0 Å². The smallest absolute Gasteiger partial charge is 0.0627 e. The summed E-state index contributed by atoms with van der Waals surface area (Å²) in [5.74, 6) is 2.83. The molecule has 2 saturated carbocycles. The predicted molar refractivity (Wildman–Crippen MR) is 62.6 cm³/mol. The number of hydrogen-bond acceptors (Lipinski definition) is 0. The molecular weight excluding hydrogens is 166 g/mol. The van der Waals surface area contributed by atoms with Gasteiger partial charge in [-0.1, -0.05) is 43.7 Å². The van der Waals surface area contributed by atoms with Gasteiger partial charge in [0.05, 0.1) is 15.7 Å². The van der Waals surface area contributed by atoms with E-state index in [1.54, 1.807) is 0 Å². The van der Waals surface area contributed by atoms with Crippen LogP contribution in [0.15, 0.2) is 0 Å². The van der Waals surface area contributed by atoms with Crippen molar-refractivity contribution in [3.8, 4) is 0 Å². The predicted octanol–water partition coefficient (Wildman–Crippen LogP) is 2.92. The zero-order valence-electron chi connectivity index (χ0n) is 9.50. The van der Waals surface area contributed by atoms with E-state index in [1.807, 2.05) is 0 Å². The minimum atomic E-state index is -0.429. The summed E-state index contributed by atoms with van der Waals surface area (Å²) in [5, 5.41) is -0.429. The third-order valence-corrected chi connectivity index (χ3v) is 4.59. The molecule has 0 spiro atoms. The fourth-order valence-electron chi connectivity index (χ4n) is 3.39. The first-order valence-corrected chi connectivity index (χ1v) is 6.08. The molecule has 0 saturated heterocycles. The Balaban J connectivity index is 2.05. The number of fused-ring (bicyclic) bond motifs is 2. The Kier molecular flexibility index (Phi) is 2.74. The second kappa shape index (κ2) is 3.61. The van der Waals surface area contributed by atoms with Gasteiger partial charge in [-0.25, -0.2) is 0 Å². The van der Waals surface area contributed by atoms with Gasteiger partial charge < -0.3 is 0 Å². The van der Waals surface area contributed by atoms with Crippen LogP contribution in [-0.4, -0.2) is 15.7 Å². The molecule has 0 aromatic heterocycles. The van der Waals surface area contributed by atoms with E-state index in [-0.39, 0.29) is 0 Å². The molecule has 0 aromatic rings. The summed E-state index contributed by atoms with van der Waals surface area (Å²) in [7, 11) is 12.5. The van der Waals surface area contributed by atoms with Gasteiger partial charge in [0.1, 0.15) is 0 Å². The SMILES string of the molecule is [B]C([B])(C(C)C)C1CC2CCC(C2)C1. The molecule has 2 unspecified atom stereocenters. The van der Waals surface area contributed by atoms with E-state index in [9.17, 15) is 0 Å². The Morgan fingerprint density at radius 2 is 1.50 bits per heavy atom. The van der Waals surface area contributed by atoms with Crippen molar-refractivity contribution in [2.24, 2.45) is 23.7 Å². The van der Waals surface area contributed by atoms with Crippen molar-refractivity contribution < 1.29 is 0 Å². The Bertz CT molecular complexity index is 198. The molecule has 2 atom stereocenters.